The van der Waals surface area contributed by atoms with Crippen LogP contribution in [0.4, 0.5) is 4.39 Å². The fraction of sp³-hybridized carbons (Fsp3) is 0.280. The van der Waals surface area contributed by atoms with Crippen molar-refractivity contribution in [1.29, 1.82) is 0 Å². The molecule has 0 unspecified atom stereocenters. The van der Waals surface area contributed by atoms with Gasteiger partial charge in [0.2, 0.25) is 11.5 Å². The first-order valence-corrected chi connectivity index (χ1v) is 10.6. The monoisotopic (exact) mass is 436 g/mol. The first-order valence-electron chi connectivity index (χ1n) is 10.6. The quantitative estimate of drug-likeness (QED) is 0.613. The molecule has 1 aliphatic rings. The third-order valence-corrected chi connectivity index (χ3v) is 5.42. The maximum Gasteiger partial charge on any atom is 0.247 e. The molecule has 0 spiro atoms. The van der Waals surface area contributed by atoms with E-state index in [1.165, 1.54) is 18.2 Å². The highest BCUT2D eigenvalue weighted by molar-refractivity contribution is 5.78. The summed E-state index contributed by atoms with van der Waals surface area (Å²) in [6, 6.07) is 16.8. The molecular weight excluding hydrogens is 411 g/mol. The number of ether oxygens (including phenoxy) is 2. The molecule has 0 aliphatic carbocycles. The number of hydrogen-bond acceptors (Lipinski definition) is 4. The number of aromatic nitrogens is 1. The molecule has 0 bridgehead atoms. The van der Waals surface area contributed by atoms with Crippen molar-refractivity contribution in [2.75, 3.05) is 13.1 Å². The molecule has 32 heavy (non-hydrogen) atoms. The van der Waals surface area contributed by atoms with Crippen LogP contribution in [0, 0.1) is 5.82 Å². The first-order chi connectivity index (χ1) is 15.5. The number of benzene rings is 2. The number of halogens is 1. The Morgan fingerprint density at radius 3 is 2.44 bits per heavy atom. The van der Waals surface area contributed by atoms with Gasteiger partial charge in [0.15, 0.2) is 0 Å². The van der Waals surface area contributed by atoms with Gasteiger partial charge in [0.25, 0.3) is 0 Å². The number of pyridine rings is 1. The number of nitrogens with one attached hydrogen (secondary N) is 1. The number of H-pyrrole nitrogens is 1. The molecule has 1 aliphatic heterocycles. The Balaban J connectivity index is 1.22. The lowest BCUT2D eigenvalue weighted by molar-refractivity contribution is -0.132. The number of likely N-dealkylation sites (tertiary alicyclic amines) is 1. The lowest BCUT2D eigenvalue weighted by atomic mass is 10.1. The van der Waals surface area contributed by atoms with Gasteiger partial charge in [-0.25, -0.2) is 4.39 Å². The number of nitrogens with zero attached hydrogens (tertiary/aromatic N) is 1. The zero-order valence-electron chi connectivity index (χ0n) is 17.6. The summed E-state index contributed by atoms with van der Waals surface area (Å²) in [7, 11) is 0. The van der Waals surface area contributed by atoms with Crippen LogP contribution < -0.4 is 15.0 Å². The maximum absolute atomic E-state index is 13.2. The summed E-state index contributed by atoms with van der Waals surface area (Å²) in [5.74, 6) is 1.21. The molecule has 2 aromatic carbocycles. The van der Waals surface area contributed by atoms with E-state index in [9.17, 15) is 14.0 Å². The van der Waals surface area contributed by atoms with Crippen LogP contribution in [0.15, 0.2) is 71.7 Å². The number of aromatic amines is 1. The van der Waals surface area contributed by atoms with Gasteiger partial charge in [-0.15, -0.1) is 0 Å². The smallest absolute Gasteiger partial charge is 0.247 e. The normalized spacial score (nSPS) is 14.2. The Hall–Kier alpha value is -3.61. The second kappa shape index (κ2) is 10.1. The average molecular weight is 436 g/mol. The van der Waals surface area contributed by atoms with Gasteiger partial charge in [-0.3, -0.25) is 9.59 Å². The van der Waals surface area contributed by atoms with Gasteiger partial charge >= 0.3 is 0 Å². The maximum atomic E-state index is 13.2. The van der Waals surface area contributed by atoms with Crippen LogP contribution in [0.5, 0.6) is 11.5 Å². The van der Waals surface area contributed by atoms with Crippen molar-refractivity contribution in [2.45, 2.75) is 32.0 Å². The molecule has 0 radical (unpaired) electrons. The van der Waals surface area contributed by atoms with Crippen LogP contribution in [0.25, 0.3) is 0 Å². The molecule has 1 aromatic heterocycles. The number of amides is 1. The van der Waals surface area contributed by atoms with Crippen molar-refractivity contribution in [3.05, 3.63) is 94.2 Å². The highest BCUT2D eigenvalue weighted by atomic mass is 19.1. The van der Waals surface area contributed by atoms with Gasteiger partial charge in [0.05, 0.1) is 6.42 Å². The molecule has 3 aromatic rings. The Labute approximate surface area is 185 Å². The number of carbonyl (C=O) groups excluding carboxylic acids is 1. The minimum absolute atomic E-state index is 0.0474. The fourth-order valence-electron chi connectivity index (χ4n) is 3.66. The molecule has 166 valence electrons. The van der Waals surface area contributed by atoms with Gasteiger partial charge in [0, 0.05) is 38.2 Å². The van der Waals surface area contributed by atoms with Crippen LogP contribution >= 0.6 is 0 Å². The summed E-state index contributed by atoms with van der Waals surface area (Å²) in [6.45, 7) is 1.58. The summed E-state index contributed by atoms with van der Waals surface area (Å²) in [5.41, 5.74) is 1.39. The Kier molecular flexibility index (Phi) is 6.84. The largest absolute Gasteiger partial charge is 0.490 e. The Morgan fingerprint density at radius 2 is 1.75 bits per heavy atom. The number of piperidine rings is 1. The van der Waals surface area contributed by atoms with E-state index in [0.717, 1.165) is 29.7 Å². The molecule has 0 saturated carbocycles. The van der Waals surface area contributed by atoms with Crippen molar-refractivity contribution < 1.29 is 18.7 Å². The molecule has 4 rings (SSSR count). The zero-order valence-corrected chi connectivity index (χ0v) is 17.6. The van der Waals surface area contributed by atoms with Gasteiger partial charge in [0.1, 0.15) is 30.0 Å². The van der Waals surface area contributed by atoms with E-state index in [0.29, 0.717) is 25.4 Å². The SMILES string of the molecule is O=C(Cc1ccc(=O)[nH]c1)N1CCC(Oc2ccc(OCc3cccc(F)c3)cc2)CC1. The van der Waals surface area contributed by atoms with E-state index in [-0.39, 0.29) is 29.8 Å². The molecule has 6 nitrogen and oxygen atoms in total. The third-order valence-electron chi connectivity index (χ3n) is 5.42. The van der Waals surface area contributed by atoms with E-state index in [4.69, 9.17) is 9.47 Å². The lowest BCUT2D eigenvalue weighted by Gasteiger charge is -2.32. The molecule has 1 fully saturated rings. The minimum atomic E-state index is -0.279. The summed E-state index contributed by atoms with van der Waals surface area (Å²) in [6.07, 6.45) is 3.43. The van der Waals surface area contributed by atoms with Gasteiger partial charge in [-0.05, 0) is 47.5 Å². The third kappa shape index (κ3) is 5.97. The molecule has 7 heteroatoms. The summed E-state index contributed by atoms with van der Waals surface area (Å²) in [5, 5.41) is 0. The Morgan fingerprint density at radius 1 is 1.00 bits per heavy atom. The topological polar surface area (TPSA) is 71.6 Å². The molecule has 1 amide bonds. The first kappa shape index (κ1) is 21.6. The standard InChI is InChI=1S/C25H25FN2O4/c26-20-3-1-2-19(14-20)17-31-21-5-7-22(8-6-21)32-23-10-12-28(13-11-23)25(30)15-18-4-9-24(29)27-16-18/h1-9,14,16,23H,10-13,15,17H2,(H,27,29). The second-order valence-electron chi connectivity index (χ2n) is 7.83. The lowest BCUT2D eigenvalue weighted by Crippen LogP contribution is -2.42. The van der Waals surface area contributed by atoms with Crippen molar-refractivity contribution >= 4 is 5.91 Å². The van der Waals surface area contributed by atoms with Crippen LogP contribution in [0.2, 0.25) is 0 Å². The van der Waals surface area contributed by atoms with Gasteiger partial charge in [-0.2, -0.15) is 0 Å². The number of rotatable bonds is 7. The number of carbonyl (C=O) groups is 1. The van der Waals surface area contributed by atoms with E-state index >= 15 is 0 Å². The molecule has 0 atom stereocenters. The highest BCUT2D eigenvalue weighted by Crippen LogP contribution is 2.23. The van der Waals surface area contributed by atoms with Crippen LogP contribution in [-0.4, -0.2) is 35.0 Å². The van der Waals surface area contributed by atoms with E-state index < -0.39 is 0 Å². The summed E-state index contributed by atoms with van der Waals surface area (Å²) < 4.78 is 25.0. The highest BCUT2D eigenvalue weighted by Gasteiger charge is 2.24. The average Bonchev–Trinajstić information content (AvgIpc) is 2.81. The van der Waals surface area contributed by atoms with E-state index in [1.54, 1.807) is 18.3 Å². The van der Waals surface area contributed by atoms with Gasteiger partial charge in [-0.1, -0.05) is 18.2 Å². The van der Waals surface area contributed by atoms with Gasteiger partial charge < -0.3 is 19.4 Å². The minimum Gasteiger partial charge on any atom is -0.490 e. The van der Waals surface area contributed by atoms with E-state index in [1.807, 2.05) is 35.2 Å². The van der Waals surface area contributed by atoms with Crippen molar-refractivity contribution in [2.24, 2.45) is 0 Å². The fourth-order valence-corrected chi connectivity index (χ4v) is 3.66. The number of hydrogen-bond donors (Lipinski definition) is 1. The molecular formula is C25H25FN2O4. The van der Waals surface area contributed by atoms with E-state index in [2.05, 4.69) is 4.98 Å². The summed E-state index contributed by atoms with van der Waals surface area (Å²) in [4.78, 5) is 28.1. The molecule has 1 N–H and O–H groups in total. The predicted octanol–water partition coefficient (Wildman–Crippen LogP) is 3.71. The van der Waals surface area contributed by atoms with Crippen LogP contribution in [0.3, 0.4) is 0 Å². The van der Waals surface area contributed by atoms with Crippen molar-refractivity contribution in [1.82, 2.24) is 9.88 Å². The van der Waals surface area contributed by atoms with Crippen LogP contribution in [-0.2, 0) is 17.8 Å². The zero-order chi connectivity index (χ0) is 22.3. The Bertz CT molecular complexity index is 1080. The van der Waals surface area contributed by atoms with Crippen molar-refractivity contribution in [3.8, 4) is 11.5 Å². The van der Waals surface area contributed by atoms with Crippen LogP contribution in [0.1, 0.15) is 24.0 Å². The van der Waals surface area contributed by atoms with Crippen molar-refractivity contribution in [3.63, 3.8) is 0 Å². The molecule has 2 heterocycles. The predicted molar refractivity (Wildman–Crippen MR) is 118 cm³/mol. The summed E-state index contributed by atoms with van der Waals surface area (Å²) >= 11 is 0. The second-order valence-corrected chi connectivity index (χ2v) is 7.83. The molecule has 1 saturated heterocycles.